The number of hydrogen-bond acceptors (Lipinski definition) is 4. The summed E-state index contributed by atoms with van der Waals surface area (Å²) < 4.78 is 21.9. The minimum atomic E-state index is -3.18. The summed E-state index contributed by atoms with van der Waals surface area (Å²) in [6, 6.07) is 3.11. The van der Waals surface area contributed by atoms with Gasteiger partial charge in [-0.1, -0.05) is 6.07 Å². The number of sulfone groups is 1. The van der Waals surface area contributed by atoms with Crippen LogP contribution in [0.4, 0.5) is 0 Å². The second kappa shape index (κ2) is 3.20. The van der Waals surface area contributed by atoms with Gasteiger partial charge in [0.05, 0.1) is 0 Å². The van der Waals surface area contributed by atoms with Crippen LogP contribution in [0.2, 0.25) is 0 Å². The molecule has 0 bridgehead atoms. The van der Waals surface area contributed by atoms with E-state index in [-0.39, 0.29) is 5.03 Å². The van der Waals surface area contributed by atoms with Crippen LogP contribution in [0.25, 0.3) is 0 Å². The van der Waals surface area contributed by atoms with E-state index in [9.17, 15) is 8.42 Å². The van der Waals surface area contributed by atoms with Gasteiger partial charge in [-0.2, -0.15) is 0 Å². The quantitative estimate of drug-likeness (QED) is 0.702. The Bertz CT molecular complexity index is 355. The minimum absolute atomic E-state index is 0.0831. The van der Waals surface area contributed by atoms with Gasteiger partial charge in [-0.05, 0) is 11.6 Å². The summed E-state index contributed by atoms with van der Waals surface area (Å²) in [6.45, 7) is 0.372. The van der Waals surface area contributed by atoms with Gasteiger partial charge in [-0.3, -0.25) is 0 Å². The molecule has 0 saturated carbocycles. The molecule has 0 saturated heterocycles. The van der Waals surface area contributed by atoms with Crippen molar-refractivity contribution in [3.63, 3.8) is 0 Å². The highest BCUT2D eigenvalue weighted by Crippen LogP contribution is 2.05. The van der Waals surface area contributed by atoms with E-state index in [4.69, 9.17) is 5.73 Å². The molecule has 5 heteroatoms. The van der Waals surface area contributed by atoms with Crippen LogP contribution in [0.1, 0.15) is 5.56 Å². The fraction of sp³-hybridized carbons (Fsp3) is 0.286. The van der Waals surface area contributed by atoms with E-state index in [1.54, 1.807) is 6.07 Å². The summed E-state index contributed by atoms with van der Waals surface area (Å²) in [6.07, 6.45) is 2.59. The highest BCUT2D eigenvalue weighted by molar-refractivity contribution is 7.90. The summed E-state index contributed by atoms with van der Waals surface area (Å²) in [4.78, 5) is 3.75. The van der Waals surface area contributed by atoms with E-state index in [0.717, 1.165) is 11.8 Å². The lowest BCUT2D eigenvalue weighted by Gasteiger charge is -1.98. The Labute approximate surface area is 71.3 Å². The smallest absolute Gasteiger partial charge is 0.192 e. The van der Waals surface area contributed by atoms with Crippen LogP contribution in [-0.2, 0) is 16.4 Å². The third-order valence-corrected chi connectivity index (χ3v) is 2.41. The molecule has 12 heavy (non-hydrogen) atoms. The number of rotatable bonds is 2. The summed E-state index contributed by atoms with van der Waals surface area (Å²) in [5.74, 6) is 0. The number of aromatic nitrogens is 1. The van der Waals surface area contributed by atoms with E-state index in [0.29, 0.717) is 6.54 Å². The van der Waals surface area contributed by atoms with Crippen LogP contribution < -0.4 is 5.73 Å². The molecule has 0 aliphatic carbocycles. The summed E-state index contributed by atoms with van der Waals surface area (Å²) >= 11 is 0. The predicted molar refractivity (Wildman–Crippen MR) is 45.2 cm³/mol. The molecule has 0 atom stereocenters. The van der Waals surface area contributed by atoms with E-state index < -0.39 is 9.84 Å². The lowest BCUT2D eigenvalue weighted by Crippen LogP contribution is -2.02. The number of nitrogens with zero attached hydrogens (tertiary/aromatic N) is 1. The van der Waals surface area contributed by atoms with Crippen LogP contribution in [0.5, 0.6) is 0 Å². The van der Waals surface area contributed by atoms with Crippen molar-refractivity contribution in [2.45, 2.75) is 11.6 Å². The highest BCUT2D eigenvalue weighted by Gasteiger charge is 2.06. The third kappa shape index (κ3) is 2.02. The lowest BCUT2D eigenvalue weighted by atomic mass is 10.3. The third-order valence-electron chi connectivity index (χ3n) is 1.41. The Morgan fingerprint density at radius 1 is 1.50 bits per heavy atom. The Morgan fingerprint density at radius 3 is 2.50 bits per heavy atom. The molecule has 1 rings (SSSR count). The van der Waals surface area contributed by atoms with Crippen molar-refractivity contribution in [1.82, 2.24) is 4.98 Å². The fourth-order valence-electron chi connectivity index (χ4n) is 0.751. The van der Waals surface area contributed by atoms with Crippen molar-refractivity contribution < 1.29 is 8.42 Å². The maximum Gasteiger partial charge on any atom is 0.192 e. The van der Waals surface area contributed by atoms with Crippen molar-refractivity contribution >= 4 is 9.84 Å². The molecule has 1 aromatic heterocycles. The maximum absolute atomic E-state index is 10.9. The molecule has 0 amide bonds. The van der Waals surface area contributed by atoms with Gasteiger partial charge in [0.25, 0.3) is 0 Å². The molecule has 1 heterocycles. The van der Waals surface area contributed by atoms with Crippen molar-refractivity contribution in [3.8, 4) is 0 Å². The molecule has 0 aliphatic heterocycles. The van der Waals surface area contributed by atoms with Gasteiger partial charge < -0.3 is 5.73 Å². The Kier molecular flexibility index (Phi) is 2.44. The van der Waals surface area contributed by atoms with Gasteiger partial charge in [0.1, 0.15) is 0 Å². The first kappa shape index (κ1) is 9.15. The molecule has 0 radical (unpaired) electrons. The zero-order valence-electron chi connectivity index (χ0n) is 6.69. The van der Waals surface area contributed by atoms with Gasteiger partial charge in [0.15, 0.2) is 14.9 Å². The molecule has 0 aliphatic rings. The monoisotopic (exact) mass is 186 g/mol. The van der Waals surface area contributed by atoms with Crippen molar-refractivity contribution in [2.75, 3.05) is 6.26 Å². The Morgan fingerprint density at radius 2 is 2.17 bits per heavy atom. The van der Waals surface area contributed by atoms with Gasteiger partial charge in [-0.25, -0.2) is 13.4 Å². The number of hydrogen-bond donors (Lipinski definition) is 1. The first-order valence-corrected chi connectivity index (χ1v) is 5.28. The topological polar surface area (TPSA) is 73.0 Å². The standard InChI is InChI=1S/C7H10N2O2S/c1-12(10,11)7-3-2-6(4-8)5-9-7/h2-3,5H,4,8H2,1H3. The van der Waals surface area contributed by atoms with E-state index in [1.807, 2.05) is 0 Å². The molecular formula is C7H10N2O2S. The lowest BCUT2D eigenvalue weighted by molar-refractivity contribution is 0.598. The zero-order chi connectivity index (χ0) is 9.19. The van der Waals surface area contributed by atoms with Crippen molar-refractivity contribution in [3.05, 3.63) is 23.9 Å². The zero-order valence-corrected chi connectivity index (χ0v) is 7.50. The van der Waals surface area contributed by atoms with Crippen LogP contribution in [0.15, 0.2) is 23.4 Å². The molecule has 0 spiro atoms. The highest BCUT2D eigenvalue weighted by atomic mass is 32.2. The average molecular weight is 186 g/mol. The first-order chi connectivity index (χ1) is 5.54. The molecule has 66 valence electrons. The average Bonchev–Trinajstić information content (AvgIpc) is 2.03. The van der Waals surface area contributed by atoms with Gasteiger partial charge in [0, 0.05) is 19.0 Å². The molecule has 1 aromatic rings. The second-order valence-electron chi connectivity index (χ2n) is 2.48. The second-order valence-corrected chi connectivity index (χ2v) is 4.44. The largest absolute Gasteiger partial charge is 0.326 e. The van der Waals surface area contributed by atoms with E-state index in [1.165, 1.54) is 12.3 Å². The van der Waals surface area contributed by atoms with Crippen LogP contribution in [-0.4, -0.2) is 19.7 Å². The van der Waals surface area contributed by atoms with Crippen LogP contribution in [0, 0.1) is 0 Å². The van der Waals surface area contributed by atoms with E-state index >= 15 is 0 Å². The predicted octanol–water partition coefficient (Wildman–Crippen LogP) is -0.0562. The van der Waals surface area contributed by atoms with Crippen molar-refractivity contribution in [2.24, 2.45) is 5.73 Å². The van der Waals surface area contributed by atoms with Crippen LogP contribution >= 0.6 is 0 Å². The Hall–Kier alpha value is -0.940. The molecule has 2 N–H and O–H groups in total. The first-order valence-electron chi connectivity index (χ1n) is 3.39. The molecule has 0 aromatic carbocycles. The normalized spacial score (nSPS) is 11.5. The van der Waals surface area contributed by atoms with Crippen molar-refractivity contribution in [1.29, 1.82) is 0 Å². The van der Waals surface area contributed by atoms with Gasteiger partial charge >= 0.3 is 0 Å². The summed E-state index contributed by atoms with van der Waals surface area (Å²) in [5, 5.41) is 0.0831. The molecule has 0 unspecified atom stereocenters. The Balaban J connectivity index is 3.09. The molecule has 4 nitrogen and oxygen atoms in total. The number of pyridine rings is 1. The molecule has 0 fully saturated rings. The number of nitrogens with two attached hydrogens (primary N) is 1. The fourth-order valence-corrected chi connectivity index (χ4v) is 1.31. The summed E-state index contributed by atoms with van der Waals surface area (Å²) in [7, 11) is -3.18. The SMILES string of the molecule is CS(=O)(=O)c1ccc(CN)cn1. The maximum atomic E-state index is 10.9. The minimum Gasteiger partial charge on any atom is -0.326 e. The van der Waals surface area contributed by atoms with Crippen LogP contribution in [0.3, 0.4) is 0 Å². The molecular weight excluding hydrogens is 176 g/mol. The van der Waals surface area contributed by atoms with E-state index in [2.05, 4.69) is 4.98 Å². The van der Waals surface area contributed by atoms with Gasteiger partial charge in [0.2, 0.25) is 0 Å². The summed E-state index contributed by atoms with van der Waals surface area (Å²) in [5.41, 5.74) is 6.14. The van der Waals surface area contributed by atoms with Gasteiger partial charge in [-0.15, -0.1) is 0 Å².